The zero-order valence-corrected chi connectivity index (χ0v) is 18.4. The van der Waals surface area contributed by atoms with Crippen molar-refractivity contribution in [1.29, 1.82) is 0 Å². The zero-order chi connectivity index (χ0) is 21.7. The Hall–Kier alpha value is -2.03. The number of hydrogen-bond acceptors (Lipinski definition) is 6. The molecular weight excluding hydrogens is 408 g/mol. The number of amides is 2. The minimum absolute atomic E-state index is 0.0738. The molecule has 1 atom stereocenters. The van der Waals surface area contributed by atoms with Crippen molar-refractivity contribution in [1.82, 2.24) is 15.1 Å². The van der Waals surface area contributed by atoms with Gasteiger partial charge in [0.1, 0.15) is 5.75 Å². The lowest BCUT2D eigenvalue weighted by atomic mass is 9.96. The number of benzene rings is 1. The SMILES string of the molecule is COc1cc(N)c(Cl)cc1C(=O)NCC1CN(CC2CCN(C(C)=O)CC2)CCO1. The Morgan fingerprint density at radius 1 is 1.30 bits per heavy atom. The molecule has 2 heterocycles. The number of carbonyl (C=O) groups excluding carboxylic acids is 2. The first kappa shape index (κ1) is 22.7. The lowest BCUT2D eigenvalue weighted by Crippen LogP contribution is -2.49. The Kier molecular flexibility index (Phi) is 7.80. The Bertz CT molecular complexity index is 768. The number of hydrogen-bond donors (Lipinski definition) is 2. The van der Waals surface area contributed by atoms with Crippen LogP contribution in [0.2, 0.25) is 5.02 Å². The van der Waals surface area contributed by atoms with E-state index in [-0.39, 0.29) is 17.9 Å². The molecule has 166 valence electrons. The topological polar surface area (TPSA) is 97.1 Å². The van der Waals surface area contributed by atoms with Gasteiger partial charge in [0.15, 0.2) is 0 Å². The molecule has 0 aromatic heterocycles. The number of piperidine rings is 1. The van der Waals surface area contributed by atoms with Crippen LogP contribution in [0.5, 0.6) is 5.75 Å². The van der Waals surface area contributed by atoms with Crippen LogP contribution in [0.15, 0.2) is 12.1 Å². The molecule has 1 aromatic carbocycles. The van der Waals surface area contributed by atoms with E-state index in [1.807, 2.05) is 4.90 Å². The maximum absolute atomic E-state index is 12.6. The number of nitrogen functional groups attached to an aromatic ring is 1. The Balaban J connectivity index is 1.48. The van der Waals surface area contributed by atoms with E-state index in [2.05, 4.69) is 10.2 Å². The van der Waals surface area contributed by atoms with E-state index in [1.54, 1.807) is 13.0 Å². The average molecular weight is 439 g/mol. The van der Waals surface area contributed by atoms with Crippen molar-refractivity contribution < 1.29 is 19.1 Å². The number of halogens is 1. The fourth-order valence-corrected chi connectivity index (χ4v) is 4.25. The maximum atomic E-state index is 12.6. The van der Waals surface area contributed by atoms with Crippen LogP contribution in [0.25, 0.3) is 0 Å². The molecule has 8 nitrogen and oxygen atoms in total. The van der Waals surface area contributed by atoms with Gasteiger partial charge in [0.05, 0.1) is 36.1 Å². The molecule has 0 spiro atoms. The molecule has 3 rings (SSSR count). The van der Waals surface area contributed by atoms with Gasteiger partial charge in [0.2, 0.25) is 5.91 Å². The van der Waals surface area contributed by atoms with Crippen LogP contribution in [0.4, 0.5) is 5.69 Å². The van der Waals surface area contributed by atoms with Crippen molar-refractivity contribution in [2.75, 3.05) is 58.7 Å². The summed E-state index contributed by atoms with van der Waals surface area (Å²) in [5.41, 5.74) is 6.50. The van der Waals surface area contributed by atoms with Crippen LogP contribution in [0, 0.1) is 5.92 Å². The van der Waals surface area contributed by atoms with Crippen molar-refractivity contribution in [3.63, 3.8) is 0 Å². The molecule has 1 unspecified atom stereocenters. The molecule has 0 bridgehead atoms. The molecule has 3 N–H and O–H groups in total. The highest BCUT2D eigenvalue weighted by molar-refractivity contribution is 6.33. The van der Waals surface area contributed by atoms with Gasteiger partial charge in [-0.15, -0.1) is 0 Å². The predicted molar refractivity (Wildman–Crippen MR) is 116 cm³/mol. The first-order valence-corrected chi connectivity index (χ1v) is 10.8. The quantitative estimate of drug-likeness (QED) is 0.655. The van der Waals surface area contributed by atoms with Crippen molar-refractivity contribution in [3.05, 3.63) is 22.7 Å². The standard InChI is InChI=1S/C21H31ClN4O4/c1-14(27)26-5-3-15(4-6-26)12-25-7-8-30-16(13-25)11-24-21(28)17-9-18(22)19(23)10-20(17)29-2/h9-10,15-16H,3-8,11-13,23H2,1-2H3,(H,24,28). The second kappa shape index (κ2) is 10.3. The summed E-state index contributed by atoms with van der Waals surface area (Å²) < 4.78 is 11.1. The maximum Gasteiger partial charge on any atom is 0.255 e. The van der Waals surface area contributed by atoms with Gasteiger partial charge in [0, 0.05) is 52.3 Å². The van der Waals surface area contributed by atoms with E-state index >= 15 is 0 Å². The van der Waals surface area contributed by atoms with Gasteiger partial charge in [-0.3, -0.25) is 14.5 Å². The van der Waals surface area contributed by atoms with Gasteiger partial charge in [-0.1, -0.05) is 11.6 Å². The van der Waals surface area contributed by atoms with Crippen LogP contribution >= 0.6 is 11.6 Å². The zero-order valence-electron chi connectivity index (χ0n) is 17.7. The highest BCUT2D eigenvalue weighted by Crippen LogP contribution is 2.28. The summed E-state index contributed by atoms with van der Waals surface area (Å²) in [6, 6.07) is 3.07. The van der Waals surface area contributed by atoms with Crippen molar-refractivity contribution >= 4 is 29.1 Å². The lowest BCUT2D eigenvalue weighted by molar-refractivity contribution is -0.130. The van der Waals surface area contributed by atoms with Gasteiger partial charge in [-0.05, 0) is 24.8 Å². The summed E-state index contributed by atoms with van der Waals surface area (Å²) in [7, 11) is 1.49. The summed E-state index contributed by atoms with van der Waals surface area (Å²) in [6.07, 6.45) is 2.00. The molecule has 0 aliphatic carbocycles. The monoisotopic (exact) mass is 438 g/mol. The summed E-state index contributed by atoms with van der Waals surface area (Å²) in [4.78, 5) is 28.4. The van der Waals surface area contributed by atoms with Crippen LogP contribution < -0.4 is 15.8 Å². The number of nitrogens with zero attached hydrogens (tertiary/aromatic N) is 2. The van der Waals surface area contributed by atoms with E-state index in [9.17, 15) is 9.59 Å². The second-order valence-electron chi connectivity index (χ2n) is 7.99. The second-order valence-corrected chi connectivity index (χ2v) is 8.39. The molecule has 2 amide bonds. The Morgan fingerprint density at radius 3 is 2.70 bits per heavy atom. The van der Waals surface area contributed by atoms with Crippen LogP contribution in [-0.4, -0.2) is 80.7 Å². The summed E-state index contributed by atoms with van der Waals surface area (Å²) in [5.74, 6) is 0.869. The minimum Gasteiger partial charge on any atom is -0.496 e. The molecule has 2 fully saturated rings. The number of ether oxygens (including phenoxy) is 2. The van der Waals surface area contributed by atoms with Gasteiger partial charge in [0.25, 0.3) is 5.91 Å². The van der Waals surface area contributed by atoms with E-state index < -0.39 is 0 Å². The van der Waals surface area contributed by atoms with E-state index in [0.717, 1.165) is 45.6 Å². The number of morpholine rings is 1. The number of rotatable bonds is 6. The fourth-order valence-electron chi connectivity index (χ4n) is 4.08. The molecule has 1 aromatic rings. The summed E-state index contributed by atoms with van der Waals surface area (Å²) >= 11 is 6.06. The molecule has 0 saturated carbocycles. The Labute approximate surface area is 182 Å². The van der Waals surface area contributed by atoms with Gasteiger partial charge < -0.3 is 25.4 Å². The van der Waals surface area contributed by atoms with Gasteiger partial charge >= 0.3 is 0 Å². The van der Waals surface area contributed by atoms with Crippen molar-refractivity contribution in [2.45, 2.75) is 25.9 Å². The first-order chi connectivity index (χ1) is 14.4. The fraction of sp³-hybridized carbons (Fsp3) is 0.619. The summed E-state index contributed by atoms with van der Waals surface area (Å²) in [6.45, 7) is 7.03. The van der Waals surface area contributed by atoms with E-state index in [4.69, 9.17) is 26.8 Å². The number of nitrogens with one attached hydrogen (secondary N) is 1. The molecule has 2 aliphatic rings. The third-order valence-corrected chi connectivity index (χ3v) is 6.18. The predicted octanol–water partition coefficient (Wildman–Crippen LogP) is 1.62. The minimum atomic E-state index is -0.272. The number of carbonyl (C=O) groups is 2. The van der Waals surface area contributed by atoms with Crippen LogP contribution in [0.3, 0.4) is 0 Å². The van der Waals surface area contributed by atoms with Gasteiger partial charge in [-0.25, -0.2) is 0 Å². The molecule has 30 heavy (non-hydrogen) atoms. The largest absolute Gasteiger partial charge is 0.496 e. The molecular formula is C21H31ClN4O4. The summed E-state index contributed by atoms with van der Waals surface area (Å²) in [5, 5.41) is 3.23. The highest BCUT2D eigenvalue weighted by atomic mass is 35.5. The number of methoxy groups -OCH3 is 1. The highest BCUT2D eigenvalue weighted by Gasteiger charge is 2.27. The number of nitrogens with two attached hydrogens (primary N) is 1. The lowest BCUT2D eigenvalue weighted by Gasteiger charge is -2.38. The Morgan fingerprint density at radius 2 is 2.03 bits per heavy atom. The number of anilines is 1. The average Bonchev–Trinajstić information content (AvgIpc) is 2.74. The normalized spacial score (nSPS) is 20.8. The van der Waals surface area contributed by atoms with Gasteiger partial charge in [-0.2, -0.15) is 0 Å². The first-order valence-electron chi connectivity index (χ1n) is 10.4. The molecule has 2 saturated heterocycles. The van der Waals surface area contributed by atoms with Crippen LogP contribution in [0.1, 0.15) is 30.1 Å². The third-order valence-electron chi connectivity index (χ3n) is 5.85. The third kappa shape index (κ3) is 5.77. The van der Waals surface area contributed by atoms with Crippen molar-refractivity contribution in [2.24, 2.45) is 5.92 Å². The van der Waals surface area contributed by atoms with E-state index in [1.165, 1.54) is 13.2 Å². The molecule has 2 aliphatic heterocycles. The number of likely N-dealkylation sites (tertiary alicyclic amines) is 1. The smallest absolute Gasteiger partial charge is 0.255 e. The van der Waals surface area contributed by atoms with Crippen LogP contribution in [-0.2, 0) is 9.53 Å². The molecule has 9 heteroatoms. The van der Waals surface area contributed by atoms with E-state index in [0.29, 0.717) is 41.1 Å². The van der Waals surface area contributed by atoms with Crippen molar-refractivity contribution in [3.8, 4) is 5.75 Å². The molecule has 0 radical (unpaired) electrons.